The van der Waals surface area contributed by atoms with Crippen LogP contribution in [0.4, 0.5) is 11.4 Å². The van der Waals surface area contributed by atoms with Gasteiger partial charge in [-0.25, -0.2) is 4.68 Å². The molecule has 0 unspecified atom stereocenters. The van der Waals surface area contributed by atoms with Crippen molar-refractivity contribution in [2.24, 2.45) is 0 Å². The SMILES string of the molecule is COc1ccc(C(=O)Nc2ccc(-n3nc(C)cc3-c3ccccc3)c(NC(=O)c3ccc(C#N)cc3)c2)cc1. The highest BCUT2D eigenvalue weighted by atomic mass is 16.5. The molecule has 40 heavy (non-hydrogen) atoms. The van der Waals surface area contributed by atoms with Gasteiger partial charge in [-0.15, -0.1) is 0 Å². The lowest BCUT2D eigenvalue weighted by molar-refractivity contribution is 0.101. The Kier molecular flexibility index (Phi) is 7.38. The van der Waals surface area contributed by atoms with Crippen LogP contribution < -0.4 is 15.4 Å². The van der Waals surface area contributed by atoms with Crippen LogP contribution in [-0.2, 0) is 0 Å². The first kappa shape index (κ1) is 25.9. The van der Waals surface area contributed by atoms with Crippen molar-refractivity contribution >= 4 is 23.2 Å². The summed E-state index contributed by atoms with van der Waals surface area (Å²) in [6.07, 6.45) is 0. The lowest BCUT2D eigenvalue weighted by Crippen LogP contribution is -2.16. The van der Waals surface area contributed by atoms with Crippen molar-refractivity contribution in [3.05, 3.63) is 126 Å². The van der Waals surface area contributed by atoms with E-state index in [1.807, 2.05) is 43.3 Å². The van der Waals surface area contributed by atoms with Crippen LogP contribution in [0.15, 0.2) is 103 Å². The van der Waals surface area contributed by atoms with Gasteiger partial charge < -0.3 is 15.4 Å². The van der Waals surface area contributed by atoms with Gasteiger partial charge >= 0.3 is 0 Å². The van der Waals surface area contributed by atoms with Gasteiger partial charge in [-0.3, -0.25) is 9.59 Å². The van der Waals surface area contributed by atoms with E-state index in [1.54, 1.807) is 78.5 Å². The first-order chi connectivity index (χ1) is 19.4. The molecule has 5 rings (SSSR count). The van der Waals surface area contributed by atoms with Crippen LogP contribution >= 0.6 is 0 Å². The van der Waals surface area contributed by atoms with Crippen LogP contribution in [0.25, 0.3) is 16.9 Å². The summed E-state index contributed by atoms with van der Waals surface area (Å²) in [4.78, 5) is 26.2. The van der Waals surface area contributed by atoms with E-state index in [-0.39, 0.29) is 11.8 Å². The smallest absolute Gasteiger partial charge is 0.255 e. The summed E-state index contributed by atoms with van der Waals surface area (Å²) in [5, 5.41) is 19.7. The van der Waals surface area contributed by atoms with E-state index < -0.39 is 0 Å². The Labute approximate surface area is 231 Å². The minimum Gasteiger partial charge on any atom is -0.497 e. The average molecular weight is 528 g/mol. The molecule has 1 heterocycles. The molecule has 0 aliphatic carbocycles. The number of nitrogens with zero attached hydrogens (tertiary/aromatic N) is 3. The molecule has 0 bridgehead atoms. The quantitative estimate of drug-likeness (QED) is 0.261. The fraction of sp³-hybridized carbons (Fsp3) is 0.0625. The molecular weight excluding hydrogens is 502 g/mol. The number of carbonyl (C=O) groups excluding carboxylic acids is 2. The lowest BCUT2D eigenvalue weighted by atomic mass is 10.1. The van der Waals surface area contributed by atoms with E-state index in [0.717, 1.165) is 17.0 Å². The highest BCUT2D eigenvalue weighted by molar-refractivity contribution is 6.07. The number of anilines is 2. The molecule has 0 aliphatic heterocycles. The van der Waals surface area contributed by atoms with Gasteiger partial charge in [-0.05, 0) is 79.7 Å². The van der Waals surface area contributed by atoms with E-state index in [2.05, 4.69) is 16.7 Å². The molecule has 0 radical (unpaired) electrons. The van der Waals surface area contributed by atoms with Crippen LogP contribution in [0.3, 0.4) is 0 Å². The van der Waals surface area contributed by atoms with Crippen molar-refractivity contribution in [3.8, 4) is 28.8 Å². The summed E-state index contributed by atoms with van der Waals surface area (Å²) in [7, 11) is 1.56. The molecule has 0 spiro atoms. The fourth-order valence-electron chi connectivity index (χ4n) is 4.23. The zero-order valence-electron chi connectivity index (χ0n) is 21.9. The maximum absolute atomic E-state index is 13.2. The summed E-state index contributed by atoms with van der Waals surface area (Å²) in [5.41, 5.74) is 5.48. The number of hydrogen-bond acceptors (Lipinski definition) is 5. The number of benzene rings is 4. The van der Waals surface area contributed by atoms with Crippen molar-refractivity contribution in [2.45, 2.75) is 6.92 Å². The van der Waals surface area contributed by atoms with Crippen LogP contribution in [0.5, 0.6) is 5.75 Å². The van der Waals surface area contributed by atoms with Crippen molar-refractivity contribution in [2.75, 3.05) is 17.7 Å². The largest absolute Gasteiger partial charge is 0.497 e. The molecule has 8 nitrogen and oxygen atoms in total. The van der Waals surface area contributed by atoms with E-state index in [0.29, 0.717) is 39.5 Å². The maximum Gasteiger partial charge on any atom is 0.255 e. The van der Waals surface area contributed by atoms with Gasteiger partial charge in [0.05, 0.1) is 41.5 Å². The first-order valence-corrected chi connectivity index (χ1v) is 12.5. The summed E-state index contributed by atoms with van der Waals surface area (Å²) in [6, 6.07) is 32.3. The fourth-order valence-corrected chi connectivity index (χ4v) is 4.23. The number of methoxy groups -OCH3 is 1. The molecule has 0 saturated carbocycles. The molecule has 0 atom stereocenters. The molecule has 5 aromatic rings. The Morgan fingerprint density at radius 2 is 1.48 bits per heavy atom. The van der Waals surface area contributed by atoms with Crippen molar-refractivity contribution in [3.63, 3.8) is 0 Å². The molecule has 8 heteroatoms. The van der Waals surface area contributed by atoms with Crippen LogP contribution in [0.2, 0.25) is 0 Å². The molecular formula is C32H25N5O3. The minimum absolute atomic E-state index is 0.306. The Bertz CT molecular complexity index is 1720. The molecule has 2 N–H and O–H groups in total. The van der Waals surface area contributed by atoms with Crippen molar-refractivity contribution in [1.29, 1.82) is 5.26 Å². The Morgan fingerprint density at radius 1 is 0.825 bits per heavy atom. The number of nitriles is 1. The number of nitrogens with one attached hydrogen (secondary N) is 2. The number of hydrogen-bond donors (Lipinski definition) is 2. The molecule has 1 aromatic heterocycles. The molecule has 0 aliphatic rings. The van der Waals surface area contributed by atoms with Gasteiger partial charge in [0.2, 0.25) is 0 Å². The number of aryl methyl sites for hydroxylation is 1. The minimum atomic E-state index is -0.366. The second kappa shape index (κ2) is 11.4. The van der Waals surface area contributed by atoms with Gasteiger partial charge in [0.25, 0.3) is 11.8 Å². The standard InChI is InChI=1S/C32H25N5O3/c1-21-18-30(23-6-4-3-5-7-23)37(36-21)29-17-14-26(34-31(38)25-12-15-27(40-2)16-13-25)19-28(29)35-32(39)24-10-8-22(20-33)9-11-24/h3-19H,1-2H3,(H,34,38)(H,35,39). The van der Waals surface area contributed by atoms with Crippen LogP contribution in [0, 0.1) is 18.3 Å². The second-order valence-corrected chi connectivity index (χ2v) is 9.01. The predicted octanol–water partition coefficient (Wildman–Crippen LogP) is 6.23. The van der Waals surface area contributed by atoms with Gasteiger partial charge in [0.15, 0.2) is 0 Å². The molecule has 0 fully saturated rings. The summed E-state index contributed by atoms with van der Waals surface area (Å²) in [6.45, 7) is 1.90. The first-order valence-electron chi connectivity index (χ1n) is 12.5. The van der Waals surface area contributed by atoms with E-state index in [4.69, 9.17) is 15.1 Å². The zero-order valence-corrected chi connectivity index (χ0v) is 21.9. The van der Waals surface area contributed by atoms with Crippen molar-refractivity contribution < 1.29 is 14.3 Å². The maximum atomic E-state index is 13.2. The topological polar surface area (TPSA) is 109 Å². The molecule has 196 valence electrons. The van der Waals surface area contributed by atoms with E-state index in [1.165, 1.54) is 0 Å². The number of amides is 2. The Balaban J connectivity index is 1.53. The van der Waals surface area contributed by atoms with Crippen LogP contribution in [-0.4, -0.2) is 28.7 Å². The Morgan fingerprint density at radius 3 is 2.12 bits per heavy atom. The average Bonchev–Trinajstić information content (AvgIpc) is 3.39. The Hall–Kier alpha value is -5.68. The summed E-state index contributed by atoms with van der Waals surface area (Å²) < 4.78 is 6.94. The zero-order chi connectivity index (χ0) is 28.1. The monoisotopic (exact) mass is 527 g/mol. The molecule has 4 aromatic carbocycles. The van der Waals surface area contributed by atoms with Gasteiger partial charge in [0.1, 0.15) is 5.75 Å². The third-order valence-electron chi connectivity index (χ3n) is 6.26. The summed E-state index contributed by atoms with van der Waals surface area (Å²) >= 11 is 0. The summed E-state index contributed by atoms with van der Waals surface area (Å²) in [5.74, 6) is -0.0216. The third-order valence-corrected chi connectivity index (χ3v) is 6.26. The number of aromatic nitrogens is 2. The number of carbonyl (C=O) groups is 2. The highest BCUT2D eigenvalue weighted by Crippen LogP contribution is 2.31. The van der Waals surface area contributed by atoms with Gasteiger partial charge in [0, 0.05) is 22.4 Å². The number of rotatable bonds is 7. The third kappa shape index (κ3) is 5.59. The molecule has 2 amide bonds. The van der Waals surface area contributed by atoms with Gasteiger partial charge in [-0.1, -0.05) is 30.3 Å². The van der Waals surface area contributed by atoms with E-state index >= 15 is 0 Å². The highest BCUT2D eigenvalue weighted by Gasteiger charge is 2.17. The van der Waals surface area contributed by atoms with Gasteiger partial charge in [-0.2, -0.15) is 10.4 Å². The normalized spacial score (nSPS) is 10.4. The predicted molar refractivity (Wildman–Crippen MR) is 154 cm³/mol. The molecule has 0 saturated heterocycles. The second-order valence-electron chi connectivity index (χ2n) is 9.01. The van der Waals surface area contributed by atoms with Crippen LogP contribution in [0.1, 0.15) is 32.0 Å². The lowest BCUT2D eigenvalue weighted by Gasteiger charge is -2.16. The number of ether oxygens (including phenoxy) is 1. The van der Waals surface area contributed by atoms with Crippen molar-refractivity contribution in [1.82, 2.24) is 9.78 Å². The van der Waals surface area contributed by atoms with E-state index in [9.17, 15) is 9.59 Å².